The number of thiazole rings is 1. The minimum atomic E-state index is 0.475. The number of rotatable bonds is 6. The van der Waals surface area contributed by atoms with Gasteiger partial charge in [-0.3, -0.25) is 0 Å². The van der Waals surface area contributed by atoms with Crippen molar-refractivity contribution in [1.29, 1.82) is 0 Å². The van der Waals surface area contributed by atoms with Crippen molar-refractivity contribution in [2.24, 2.45) is 5.73 Å². The van der Waals surface area contributed by atoms with Crippen LogP contribution in [0.4, 0.5) is 0 Å². The monoisotopic (exact) mass is 304 g/mol. The first-order chi connectivity index (χ1) is 10.0. The Bertz CT molecular complexity index is 582. The molecule has 1 heterocycles. The molecule has 4 heteroatoms. The molecule has 0 aliphatic heterocycles. The van der Waals surface area contributed by atoms with Crippen molar-refractivity contribution in [1.82, 2.24) is 4.98 Å². The Morgan fingerprint density at radius 1 is 1.24 bits per heavy atom. The number of ether oxygens (including phenoxy) is 1. The summed E-state index contributed by atoms with van der Waals surface area (Å²) in [6.07, 6.45) is 0.909. The van der Waals surface area contributed by atoms with Gasteiger partial charge in [-0.25, -0.2) is 4.98 Å². The molecule has 1 aromatic heterocycles. The highest BCUT2D eigenvalue weighted by molar-refractivity contribution is 7.09. The zero-order valence-electron chi connectivity index (χ0n) is 13.3. The van der Waals surface area contributed by atoms with Gasteiger partial charge < -0.3 is 10.5 Å². The molecule has 2 N–H and O–H groups in total. The molecule has 0 saturated carbocycles. The maximum absolute atomic E-state index is 5.99. The lowest BCUT2D eigenvalue weighted by Gasteiger charge is -2.13. The molecule has 0 aliphatic rings. The van der Waals surface area contributed by atoms with Crippen LogP contribution in [0.1, 0.15) is 47.2 Å². The third kappa shape index (κ3) is 4.05. The second-order valence-corrected chi connectivity index (χ2v) is 6.61. The molecule has 0 saturated heterocycles. The number of aromatic nitrogens is 1. The van der Waals surface area contributed by atoms with Gasteiger partial charge in [-0.2, -0.15) is 0 Å². The number of aryl methyl sites for hydroxylation is 2. The topological polar surface area (TPSA) is 48.1 Å². The van der Waals surface area contributed by atoms with Crippen molar-refractivity contribution in [2.75, 3.05) is 6.54 Å². The average molecular weight is 304 g/mol. The van der Waals surface area contributed by atoms with Crippen molar-refractivity contribution in [2.45, 2.75) is 46.6 Å². The molecular formula is C17H24N2OS. The Balaban J connectivity index is 2.08. The zero-order chi connectivity index (χ0) is 15.4. The van der Waals surface area contributed by atoms with E-state index in [9.17, 15) is 0 Å². The van der Waals surface area contributed by atoms with Gasteiger partial charge in [-0.15, -0.1) is 11.3 Å². The second-order valence-electron chi connectivity index (χ2n) is 5.72. The third-order valence-corrected chi connectivity index (χ3v) is 4.58. The van der Waals surface area contributed by atoms with E-state index >= 15 is 0 Å². The first kappa shape index (κ1) is 16.0. The lowest BCUT2D eigenvalue weighted by atomic mass is 10.0. The summed E-state index contributed by atoms with van der Waals surface area (Å²) >= 11 is 1.71. The normalized spacial score (nSPS) is 11.1. The quantitative estimate of drug-likeness (QED) is 0.878. The predicted molar refractivity (Wildman–Crippen MR) is 89.2 cm³/mol. The van der Waals surface area contributed by atoms with Gasteiger partial charge in [0.15, 0.2) is 0 Å². The van der Waals surface area contributed by atoms with E-state index in [1.807, 2.05) is 0 Å². The van der Waals surface area contributed by atoms with Crippen molar-refractivity contribution >= 4 is 11.3 Å². The highest BCUT2D eigenvalue weighted by Gasteiger charge is 2.09. The highest BCUT2D eigenvalue weighted by Crippen LogP contribution is 2.26. The molecule has 114 valence electrons. The Morgan fingerprint density at radius 2 is 1.90 bits per heavy atom. The van der Waals surface area contributed by atoms with Crippen LogP contribution in [0.15, 0.2) is 17.5 Å². The van der Waals surface area contributed by atoms with Gasteiger partial charge in [0.25, 0.3) is 0 Å². The lowest BCUT2D eigenvalue weighted by Crippen LogP contribution is -2.05. The van der Waals surface area contributed by atoms with Crippen LogP contribution in [0.3, 0.4) is 0 Å². The van der Waals surface area contributed by atoms with Crippen molar-refractivity contribution in [3.63, 3.8) is 0 Å². The van der Waals surface area contributed by atoms with E-state index in [0.29, 0.717) is 19.1 Å². The molecule has 3 nitrogen and oxygen atoms in total. The van der Waals surface area contributed by atoms with Gasteiger partial charge in [-0.05, 0) is 43.5 Å². The summed E-state index contributed by atoms with van der Waals surface area (Å²) in [5.41, 5.74) is 10.2. The van der Waals surface area contributed by atoms with Crippen LogP contribution >= 0.6 is 11.3 Å². The smallest absolute Gasteiger partial charge is 0.131 e. The molecule has 0 atom stereocenters. The van der Waals surface area contributed by atoms with Crippen LogP contribution in [-0.4, -0.2) is 11.5 Å². The minimum Gasteiger partial charge on any atom is -0.487 e. The van der Waals surface area contributed by atoms with Crippen LogP contribution < -0.4 is 10.5 Å². The highest BCUT2D eigenvalue weighted by atomic mass is 32.1. The summed E-state index contributed by atoms with van der Waals surface area (Å²) in [5.74, 6) is 1.44. The Labute approximate surface area is 131 Å². The van der Waals surface area contributed by atoms with Gasteiger partial charge in [0, 0.05) is 11.3 Å². The van der Waals surface area contributed by atoms with Gasteiger partial charge in [-0.1, -0.05) is 26.0 Å². The average Bonchev–Trinajstić information content (AvgIpc) is 2.87. The van der Waals surface area contributed by atoms with E-state index in [0.717, 1.165) is 29.0 Å². The SMILES string of the molecule is Cc1cc(CCN)cc(C)c1OCc1csc(C(C)C)n1. The largest absolute Gasteiger partial charge is 0.487 e. The number of hydrogen-bond donors (Lipinski definition) is 1. The summed E-state index contributed by atoms with van der Waals surface area (Å²) in [6, 6.07) is 4.32. The van der Waals surface area contributed by atoms with Gasteiger partial charge in [0.05, 0.1) is 10.7 Å². The number of nitrogens with two attached hydrogens (primary N) is 1. The number of hydrogen-bond acceptors (Lipinski definition) is 4. The predicted octanol–water partition coefficient (Wildman–Crippen LogP) is 3.96. The Hall–Kier alpha value is -1.39. The first-order valence-corrected chi connectivity index (χ1v) is 8.26. The molecular weight excluding hydrogens is 280 g/mol. The van der Waals surface area contributed by atoms with Gasteiger partial charge >= 0.3 is 0 Å². The first-order valence-electron chi connectivity index (χ1n) is 7.38. The molecule has 0 bridgehead atoms. The van der Waals surface area contributed by atoms with Gasteiger partial charge in [0.2, 0.25) is 0 Å². The fourth-order valence-corrected chi connectivity index (χ4v) is 3.20. The fraction of sp³-hybridized carbons (Fsp3) is 0.471. The molecule has 0 amide bonds. The van der Waals surface area contributed by atoms with Crippen molar-refractivity contribution in [3.05, 3.63) is 44.9 Å². The summed E-state index contributed by atoms with van der Waals surface area (Å²) in [7, 11) is 0. The van der Waals surface area contributed by atoms with Crippen LogP contribution in [0.2, 0.25) is 0 Å². The van der Waals surface area contributed by atoms with E-state index < -0.39 is 0 Å². The standard InChI is InChI=1S/C17H24N2OS/c1-11(2)17-19-15(10-21-17)9-20-16-12(3)7-14(5-6-18)8-13(16)4/h7-8,10-11H,5-6,9,18H2,1-4H3. The summed E-state index contributed by atoms with van der Waals surface area (Å²) < 4.78 is 5.99. The van der Waals surface area contributed by atoms with E-state index in [1.54, 1.807) is 11.3 Å². The molecule has 0 aliphatic carbocycles. The Kier molecular flexibility index (Phi) is 5.37. The number of benzene rings is 1. The van der Waals surface area contributed by atoms with Crippen LogP contribution in [-0.2, 0) is 13.0 Å². The summed E-state index contributed by atoms with van der Waals surface area (Å²) in [6.45, 7) is 9.70. The third-order valence-electron chi connectivity index (χ3n) is 3.38. The van der Waals surface area contributed by atoms with E-state index in [4.69, 9.17) is 10.5 Å². The maximum atomic E-state index is 5.99. The lowest BCUT2D eigenvalue weighted by molar-refractivity contribution is 0.297. The molecule has 0 spiro atoms. The van der Waals surface area contributed by atoms with E-state index in [1.165, 1.54) is 10.6 Å². The van der Waals surface area contributed by atoms with Crippen LogP contribution in [0.25, 0.3) is 0 Å². The van der Waals surface area contributed by atoms with Crippen molar-refractivity contribution < 1.29 is 4.74 Å². The molecule has 0 fully saturated rings. The zero-order valence-corrected chi connectivity index (χ0v) is 14.1. The van der Waals surface area contributed by atoms with E-state index in [2.05, 4.69) is 50.2 Å². The molecule has 1 aromatic carbocycles. The molecule has 0 radical (unpaired) electrons. The molecule has 21 heavy (non-hydrogen) atoms. The second kappa shape index (κ2) is 7.05. The summed E-state index contributed by atoms with van der Waals surface area (Å²) in [5, 5.41) is 3.25. The molecule has 2 rings (SSSR count). The van der Waals surface area contributed by atoms with Crippen LogP contribution in [0, 0.1) is 13.8 Å². The number of nitrogens with zero attached hydrogens (tertiary/aromatic N) is 1. The molecule has 0 unspecified atom stereocenters. The Morgan fingerprint density at radius 3 is 2.43 bits per heavy atom. The van der Waals surface area contributed by atoms with Gasteiger partial charge in [0.1, 0.15) is 12.4 Å². The minimum absolute atomic E-state index is 0.475. The van der Waals surface area contributed by atoms with E-state index in [-0.39, 0.29) is 0 Å². The van der Waals surface area contributed by atoms with Crippen LogP contribution in [0.5, 0.6) is 5.75 Å². The van der Waals surface area contributed by atoms with Crippen molar-refractivity contribution in [3.8, 4) is 5.75 Å². The maximum Gasteiger partial charge on any atom is 0.131 e. The fourth-order valence-electron chi connectivity index (χ4n) is 2.38. The molecule has 2 aromatic rings. The summed E-state index contributed by atoms with van der Waals surface area (Å²) in [4.78, 5) is 4.61.